The standard InChI is InChI=1S/C13H18N2O3/c1-13(2,3)15-7-6-14(9-11(15)16)12(17)10-5-4-8-18-10/h4-5,8H,6-7,9H2,1-3H3. The third-order valence-corrected chi connectivity index (χ3v) is 3.05. The predicted molar refractivity (Wildman–Crippen MR) is 66.1 cm³/mol. The average Bonchev–Trinajstić information content (AvgIpc) is 2.79. The number of piperazine rings is 1. The fourth-order valence-electron chi connectivity index (χ4n) is 2.11. The van der Waals surface area contributed by atoms with Gasteiger partial charge in [-0.05, 0) is 32.9 Å². The van der Waals surface area contributed by atoms with Gasteiger partial charge in [-0.3, -0.25) is 9.59 Å². The maximum absolute atomic E-state index is 12.0. The molecule has 0 bridgehead atoms. The van der Waals surface area contributed by atoms with Crippen molar-refractivity contribution in [3.05, 3.63) is 24.2 Å². The molecule has 0 radical (unpaired) electrons. The van der Waals surface area contributed by atoms with E-state index < -0.39 is 0 Å². The first-order valence-electron chi connectivity index (χ1n) is 6.03. The van der Waals surface area contributed by atoms with Crippen molar-refractivity contribution in [2.75, 3.05) is 19.6 Å². The summed E-state index contributed by atoms with van der Waals surface area (Å²) >= 11 is 0. The second kappa shape index (κ2) is 4.48. The van der Waals surface area contributed by atoms with E-state index in [0.717, 1.165) is 0 Å². The molecule has 98 valence electrons. The van der Waals surface area contributed by atoms with Crippen LogP contribution in [0.3, 0.4) is 0 Å². The Hall–Kier alpha value is -1.78. The third kappa shape index (κ3) is 2.39. The smallest absolute Gasteiger partial charge is 0.290 e. The first kappa shape index (κ1) is 12.7. The molecule has 0 saturated carbocycles. The van der Waals surface area contributed by atoms with Crippen LogP contribution in [0.1, 0.15) is 31.3 Å². The first-order chi connectivity index (χ1) is 8.39. The number of carbonyl (C=O) groups excluding carboxylic acids is 2. The quantitative estimate of drug-likeness (QED) is 0.756. The van der Waals surface area contributed by atoms with E-state index in [1.54, 1.807) is 17.0 Å². The Balaban J connectivity index is 2.05. The van der Waals surface area contributed by atoms with E-state index in [9.17, 15) is 9.59 Å². The van der Waals surface area contributed by atoms with Gasteiger partial charge in [-0.2, -0.15) is 0 Å². The summed E-state index contributed by atoms with van der Waals surface area (Å²) in [6.45, 7) is 7.22. The maximum atomic E-state index is 12.0. The van der Waals surface area contributed by atoms with Crippen molar-refractivity contribution in [2.45, 2.75) is 26.3 Å². The topological polar surface area (TPSA) is 53.8 Å². The fourth-order valence-corrected chi connectivity index (χ4v) is 2.11. The van der Waals surface area contributed by atoms with Crippen LogP contribution in [-0.2, 0) is 4.79 Å². The van der Waals surface area contributed by atoms with Gasteiger partial charge in [0.1, 0.15) is 6.54 Å². The lowest BCUT2D eigenvalue weighted by atomic mass is 10.0. The number of nitrogens with zero attached hydrogens (tertiary/aromatic N) is 2. The Labute approximate surface area is 106 Å². The number of carbonyl (C=O) groups is 2. The van der Waals surface area contributed by atoms with Crippen molar-refractivity contribution in [2.24, 2.45) is 0 Å². The summed E-state index contributed by atoms with van der Waals surface area (Å²) in [4.78, 5) is 27.4. The van der Waals surface area contributed by atoms with E-state index in [-0.39, 0.29) is 29.7 Å². The minimum absolute atomic E-state index is 0.0198. The highest BCUT2D eigenvalue weighted by atomic mass is 16.3. The molecule has 1 aliphatic heterocycles. The van der Waals surface area contributed by atoms with Crippen LogP contribution in [0.4, 0.5) is 0 Å². The summed E-state index contributed by atoms with van der Waals surface area (Å²) in [6, 6.07) is 3.28. The van der Waals surface area contributed by atoms with E-state index in [2.05, 4.69) is 0 Å². The highest BCUT2D eigenvalue weighted by molar-refractivity contribution is 5.95. The largest absolute Gasteiger partial charge is 0.459 e. The summed E-state index contributed by atoms with van der Waals surface area (Å²) in [7, 11) is 0. The van der Waals surface area contributed by atoms with Crippen molar-refractivity contribution < 1.29 is 14.0 Å². The van der Waals surface area contributed by atoms with Crippen LogP contribution < -0.4 is 0 Å². The lowest BCUT2D eigenvalue weighted by Crippen LogP contribution is -2.57. The van der Waals surface area contributed by atoms with Crippen LogP contribution >= 0.6 is 0 Å². The lowest BCUT2D eigenvalue weighted by molar-refractivity contribution is -0.140. The average molecular weight is 250 g/mol. The Kier molecular flexibility index (Phi) is 3.15. The van der Waals surface area contributed by atoms with Gasteiger partial charge in [-0.1, -0.05) is 0 Å². The molecule has 2 rings (SSSR count). The third-order valence-electron chi connectivity index (χ3n) is 3.05. The number of rotatable bonds is 1. The van der Waals surface area contributed by atoms with E-state index in [1.807, 2.05) is 20.8 Å². The van der Waals surface area contributed by atoms with Crippen molar-refractivity contribution in [1.82, 2.24) is 9.80 Å². The summed E-state index contributed by atoms with van der Waals surface area (Å²) in [5.41, 5.74) is -0.198. The molecular formula is C13H18N2O3. The SMILES string of the molecule is CC(C)(C)N1CCN(C(=O)c2ccco2)CC1=O. The summed E-state index contributed by atoms with van der Waals surface area (Å²) in [6.07, 6.45) is 1.46. The fraction of sp³-hybridized carbons (Fsp3) is 0.538. The molecule has 0 aromatic carbocycles. The van der Waals surface area contributed by atoms with Gasteiger partial charge in [0, 0.05) is 18.6 Å². The van der Waals surface area contributed by atoms with Crippen LogP contribution in [0.2, 0.25) is 0 Å². The van der Waals surface area contributed by atoms with Crippen LogP contribution in [0.15, 0.2) is 22.8 Å². The minimum atomic E-state index is -0.220. The number of furan rings is 1. The second-order valence-corrected chi connectivity index (χ2v) is 5.42. The van der Waals surface area contributed by atoms with E-state index in [4.69, 9.17) is 4.42 Å². The summed E-state index contributed by atoms with van der Waals surface area (Å²) < 4.78 is 5.06. The Morgan fingerprint density at radius 3 is 2.56 bits per heavy atom. The predicted octanol–water partition coefficient (Wildman–Crippen LogP) is 1.36. The molecule has 1 saturated heterocycles. The zero-order valence-corrected chi connectivity index (χ0v) is 11.0. The molecule has 0 unspecified atom stereocenters. The normalized spacial score (nSPS) is 17.2. The Morgan fingerprint density at radius 1 is 1.33 bits per heavy atom. The molecule has 2 heterocycles. The van der Waals surface area contributed by atoms with Gasteiger partial charge in [-0.25, -0.2) is 0 Å². The Morgan fingerprint density at radius 2 is 2.06 bits per heavy atom. The molecule has 0 spiro atoms. The molecule has 1 aliphatic rings. The van der Waals surface area contributed by atoms with Gasteiger partial charge in [0.25, 0.3) is 5.91 Å². The summed E-state index contributed by atoms with van der Waals surface area (Å²) in [5, 5.41) is 0. The second-order valence-electron chi connectivity index (χ2n) is 5.42. The van der Waals surface area contributed by atoms with Gasteiger partial charge in [0.05, 0.1) is 6.26 Å². The van der Waals surface area contributed by atoms with Gasteiger partial charge in [0.15, 0.2) is 5.76 Å². The molecule has 5 nitrogen and oxygen atoms in total. The molecule has 1 fully saturated rings. The molecule has 1 aromatic rings. The van der Waals surface area contributed by atoms with Crippen molar-refractivity contribution in [1.29, 1.82) is 0 Å². The Bertz CT molecular complexity index is 445. The molecule has 18 heavy (non-hydrogen) atoms. The molecule has 0 N–H and O–H groups in total. The molecule has 1 aromatic heterocycles. The number of hydrogen-bond acceptors (Lipinski definition) is 3. The van der Waals surface area contributed by atoms with Crippen LogP contribution in [0.25, 0.3) is 0 Å². The summed E-state index contributed by atoms with van der Waals surface area (Å²) in [5.74, 6) is 0.0440. The van der Waals surface area contributed by atoms with Gasteiger partial charge in [-0.15, -0.1) is 0 Å². The van der Waals surface area contributed by atoms with Crippen molar-refractivity contribution in [3.63, 3.8) is 0 Å². The molecule has 2 amide bonds. The van der Waals surface area contributed by atoms with Gasteiger partial charge >= 0.3 is 0 Å². The lowest BCUT2D eigenvalue weighted by Gasteiger charge is -2.41. The zero-order valence-electron chi connectivity index (χ0n) is 11.0. The highest BCUT2D eigenvalue weighted by Crippen LogP contribution is 2.18. The minimum Gasteiger partial charge on any atom is -0.459 e. The van der Waals surface area contributed by atoms with Crippen LogP contribution in [-0.4, -0.2) is 46.8 Å². The van der Waals surface area contributed by atoms with Crippen molar-refractivity contribution >= 4 is 11.8 Å². The van der Waals surface area contributed by atoms with Gasteiger partial charge < -0.3 is 14.2 Å². The van der Waals surface area contributed by atoms with Crippen LogP contribution in [0.5, 0.6) is 0 Å². The number of hydrogen-bond donors (Lipinski definition) is 0. The molecular weight excluding hydrogens is 232 g/mol. The maximum Gasteiger partial charge on any atom is 0.290 e. The number of amides is 2. The van der Waals surface area contributed by atoms with E-state index in [1.165, 1.54) is 11.2 Å². The van der Waals surface area contributed by atoms with Gasteiger partial charge in [0.2, 0.25) is 5.91 Å². The van der Waals surface area contributed by atoms with Crippen molar-refractivity contribution in [3.8, 4) is 0 Å². The monoisotopic (exact) mass is 250 g/mol. The van der Waals surface area contributed by atoms with E-state index in [0.29, 0.717) is 13.1 Å². The highest BCUT2D eigenvalue weighted by Gasteiger charge is 2.34. The van der Waals surface area contributed by atoms with Crippen LogP contribution in [0, 0.1) is 0 Å². The first-order valence-corrected chi connectivity index (χ1v) is 6.03. The molecule has 0 atom stereocenters. The molecule has 0 aliphatic carbocycles. The molecule has 5 heteroatoms. The zero-order chi connectivity index (χ0) is 13.3. The van der Waals surface area contributed by atoms with E-state index >= 15 is 0 Å².